The van der Waals surface area contributed by atoms with Crippen LogP contribution in [-0.4, -0.2) is 21.5 Å². The van der Waals surface area contributed by atoms with Gasteiger partial charge in [-0.1, -0.05) is 35.9 Å². The number of pyridine rings is 3. The quantitative estimate of drug-likeness (QED) is 0.481. The molecule has 0 fully saturated rings. The van der Waals surface area contributed by atoms with Gasteiger partial charge in [-0.2, -0.15) is 0 Å². The van der Waals surface area contributed by atoms with Crippen molar-refractivity contribution in [3.63, 3.8) is 0 Å². The maximum atomic E-state index is 5.97. The first-order chi connectivity index (χ1) is 13.2. The van der Waals surface area contributed by atoms with E-state index in [1.165, 1.54) is 16.7 Å². The van der Waals surface area contributed by atoms with Crippen molar-refractivity contribution in [3.8, 4) is 11.1 Å². The van der Waals surface area contributed by atoms with Crippen molar-refractivity contribution < 1.29 is 0 Å². The van der Waals surface area contributed by atoms with Crippen LogP contribution in [-0.2, 0) is 6.42 Å². The summed E-state index contributed by atoms with van der Waals surface area (Å²) in [5.74, 6) is 0.834. The van der Waals surface area contributed by atoms with E-state index < -0.39 is 0 Å². The molecule has 0 unspecified atom stereocenters. The van der Waals surface area contributed by atoms with Crippen molar-refractivity contribution >= 4 is 28.2 Å². The van der Waals surface area contributed by atoms with Crippen LogP contribution in [0.3, 0.4) is 0 Å². The van der Waals surface area contributed by atoms with Crippen LogP contribution in [0.5, 0.6) is 0 Å². The van der Waals surface area contributed by atoms with Crippen LogP contribution in [0.1, 0.15) is 11.3 Å². The molecule has 0 aliphatic rings. The highest BCUT2D eigenvalue weighted by Crippen LogP contribution is 2.23. The standard InChI is InChI=1S/C22H19ClN4/c1-15-12-18(7-10-24-15)17-4-2-16(3-5-17)6-9-25-22-20-14-27-21(23)13-19(20)8-11-26-22/h2-5,7-8,10-14H,6,9H2,1H3,(H,25,26). The third-order valence-electron chi connectivity index (χ3n) is 4.51. The van der Waals surface area contributed by atoms with Crippen LogP contribution in [0.2, 0.25) is 5.15 Å². The Balaban J connectivity index is 1.42. The van der Waals surface area contributed by atoms with Gasteiger partial charge in [-0.05, 0) is 59.7 Å². The summed E-state index contributed by atoms with van der Waals surface area (Å²) in [6, 6.07) is 16.6. The molecule has 0 aliphatic carbocycles. The summed E-state index contributed by atoms with van der Waals surface area (Å²) in [4.78, 5) is 12.8. The minimum atomic E-state index is 0.490. The second-order valence-electron chi connectivity index (χ2n) is 6.45. The van der Waals surface area contributed by atoms with Crippen LogP contribution in [0.4, 0.5) is 5.82 Å². The molecule has 4 rings (SSSR count). The Hall–Kier alpha value is -2.98. The molecule has 0 saturated carbocycles. The summed E-state index contributed by atoms with van der Waals surface area (Å²) >= 11 is 5.97. The Morgan fingerprint density at radius 3 is 2.52 bits per heavy atom. The number of aryl methyl sites for hydroxylation is 1. The van der Waals surface area contributed by atoms with Gasteiger partial charge in [-0.15, -0.1) is 0 Å². The largest absolute Gasteiger partial charge is 0.369 e. The molecule has 1 N–H and O–H groups in total. The molecule has 0 saturated heterocycles. The van der Waals surface area contributed by atoms with Gasteiger partial charge in [0.1, 0.15) is 11.0 Å². The maximum Gasteiger partial charge on any atom is 0.135 e. The summed E-state index contributed by atoms with van der Waals surface area (Å²) in [5, 5.41) is 5.91. The number of aromatic nitrogens is 3. The highest BCUT2D eigenvalue weighted by Gasteiger charge is 2.04. The van der Waals surface area contributed by atoms with Crippen LogP contribution < -0.4 is 5.32 Å². The van der Waals surface area contributed by atoms with E-state index in [1.807, 2.05) is 31.3 Å². The minimum Gasteiger partial charge on any atom is -0.369 e. The van der Waals surface area contributed by atoms with Crippen molar-refractivity contribution in [1.29, 1.82) is 0 Å². The normalized spacial score (nSPS) is 10.9. The highest BCUT2D eigenvalue weighted by atomic mass is 35.5. The molecular formula is C22H19ClN4. The Morgan fingerprint density at radius 1 is 0.889 bits per heavy atom. The van der Waals surface area contributed by atoms with Crippen molar-refractivity contribution in [1.82, 2.24) is 15.0 Å². The molecule has 5 heteroatoms. The number of nitrogens with one attached hydrogen (secondary N) is 1. The van der Waals surface area contributed by atoms with E-state index in [1.54, 1.807) is 12.4 Å². The molecule has 0 bridgehead atoms. The molecule has 0 aliphatic heterocycles. The summed E-state index contributed by atoms with van der Waals surface area (Å²) < 4.78 is 0. The van der Waals surface area contributed by atoms with Crippen LogP contribution in [0.25, 0.3) is 21.9 Å². The molecule has 3 heterocycles. The second-order valence-corrected chi connectivity index (χ2v) is 6.83. The molecular weight excluding hydrogens is 356 g/mol. The number of anilines is 1. The average molecular weight is 375 g/mol. The molecule has 134 valence electrons. The van der Waals surface area contributed by atoms with Crippen molar-refractivity contribution in [2.45, 2.75) is 13.3 Å². The summed E-state index contributed by atoms with van der Waals surface area (Å²) in [6.07, 6.45) is 6.31. The zero-order valence-electron chi connectivity index (χ0n) is 15.0. The van der Waals surface area contributed by atoms with Crippen molar-refractivity contribution in [2.24, 2.45) is 0 Å². The van der Waals surface area contributed by atoms with E-state index in [4.69, 9.17) is 11.6 Å². The summed E-state index contributed by atoms with van der Waals surface area (Å²) in [7, 11) is 0. The smallest absolute Gasteiger partial charge is 0.135 e. The lowest BCUT2D eigenvalue weighted by molar-refractivity contribution is 1.01. The maximum absolute atomic E-state index is 5.97. The van der Waals surface area contributed by atoms with E-state index in [0.29, 0.717) is 5.15 Å². The van der Waals surface area contributed by atoms with Crippen LogP contribution in [0.15, 0.2) is 67.1 Å². The summed E-state index contributed by atoms with van der Waals surface area (Å²) in [5.41, 5.74) is 4.70. The number of halogens is 1. The van der Waals surface area contributed by atoms with Gasteiger partial charge in [0.05, 0.1) is 0 Å². The van der Waals surface area contributed by atoms with Gasteiger partial charge in [-0.3, -0.25) is 4.98 Å². The Bertz CT molecular complexity index is 1080. The van der Waals surface area contributed by atoms with E-state index in [9.17, 15) is 0 Å². The minimum absolute atomic E-state index is 0.490. The number of nitrogens with zero attached hydrogens (tertiary/aromatic N) is 3. The van der Waals surface area contributed by atoms with Gasteiger partial charge in [-0.25, -0.2) is 9.97 Å². The fourth-order valence-corrected chi connectivity index (χ4v) is 3.26. The Morgan fingerprint density at radius 2 is 1.70 bits per heavy atom. The lowest BCUT2D eigenvalue weighted by Gasteiger charge is -2.09. The topological polar surface area (TPSA) is 50.7 Å². The third kappa shape index (κ3) is 4.07. The number of benzene rings is 1. The van der Waals surface area contributed by atoms with Crippen LogP contribution >= 0.6 is 11.6 Å². The van der Waals surface area contributed by atoms with Gasteiger partial charge in [0.25, 0.3) is 0 Å². The lowest BCUT2D eigenvalue weighted by atomic mass is 10.0. The van der Waals surface area contributed by atoms with E-state index in [-0.39, 0.29) is 0 Å². The van der Waals surface area contributed by atoms with Gasteiger partial charge in [0, 0.05) is 36.2 Å². The van der Waals surface area contributed by atoms with E-state index in [2.05, 4.69) is 50.6 Å². The van der Waals surface area contributed by atoms with Gasteiger partial charge in [0.15, 0.2) is 0 Å². The van der Waals surface area contributed by atoms with E-state index in [0.717, 1.165) is 35.2 Å². The van der Waals surface area contributed by atoms with Crippen LogP contribution in [0, 0.1) is 6.92 Å². The number of rotatable bonds is 5. The Kier molecular flexibility index (Phi) is 4.99. The number of hydrogen-bond acceptors (Lipinski definition) is 4. The van der Waals surface area contributed by atoms with Gasteiger partial charge >= 0.3 is 0 Å². The van der Waals surface area contributed by atoms with Gasteiger partial charge in [0.2, 0.25) is 0 Å². The molecule has 1 aromatic carbocycles. The van der Waals surface area contributed by atoms with Gasteiger partial charge < -0.3 is 5.32 Å². The van der Waals surface area contributed by atoms with Crippen molar-refractivity contribution in [3.05, 3.63) is 83.5 Å². The molecule has 0 radical (unpaired) electrons. The molecule has 0 amide bonds. The second kappa shape index (κ2) is 7.72. The summed E-state index contributed by atoms with van der Waals surface area (Å²) in [6.45, 7) is 2.80. The third-order valence-corrected chi connectivity index (χ3v) is 4.71. The van der Waals surface area contributed by atoms with Crippen molar-refractivity contribution in [2.75, 3.05) is 11.9 Å². The molecule has 27 heavy (non-hydrogen) atoms. The highest BCUT2D eigenvalue weighted by molar-refractivity contribution is 6.30. The Labute approximate surface area is 163 Å². The monoisotopic (exact) mass is 374 g/mol. The fourth-order valence-electron chi connectivity index (χ4n) is 3.10. The molecule has 0 spiro atoms. The number of fused-ring (bicyclic) bond motifs is 1. The van der Waals surface area contributed by atoms with E-state index >= 15 is 0 Å². The fraction of sp³-hybridized carbons (Fsp3) is 0.136. The molecule has 4 nitrogen and oxygen atoms in total. The zero-order chi connectivity index (χ0) is 18.6. The lowest BCUT2D eigenvalue weighted by Crippen LogP contribution is -2.06. The predicted octanol–water partition coefficient (Wildman–Crippen LogP) is 5.31. The predicted molar refractivity (Wildman–Crippen MR) is 111 cm³/mol. The molecule has 0 atom stereocenters. The first kappa shape index (κ1) is 17.4. The molecule has 3 aromatic heterocycles. The SMILES string of the molecule is Cc1cc(-c2ccc(CCNc3nccc4cc(Cl)ncc34)cc2)ccn1. The first-order valence-corrected chi connectivity index (χ1v) is 9.23. The first-order valence-electron chi connectivity index (χ1n) is 8.85. The number of hydrogen-bond donors (Lipinski definition) is 1. The average Bonchev–Trinajstić information content (AvgIpc) is 2.68. The zero-order valence-corrected chi connectivity index (χ0v) is 15.7. The molecule has 4 aromatic rings.